The van der Waals surface area contributed by atoms with Gasteiger partial charge in [-0.3, -0.25) is 9.52 Å². The molecule has 134 valence electrons. The summed E-state index contributed by atoms with van der Waals surface area (Å²) in [5.74, 6) is -1.94. The zero-order valence-corrected chi connectivity index (χ0v) is 16.4. The molecule has 0 aromatic heterocycles. The zero-order chi connectivity index (χ0) is 18.9. The molecule has 0 atom stereocenters. The van der Waals surface area contributed by atoms with Crippen LogP contribution in [0.4, 0.5) is 5.69 Å². The van der Waals surface area contributed by atoms with Crippen LogP contribution in [0.1, 0.15) is 10.4 Å². The number of carbonyl (C=O) groups excluding carboxylic acids is 1. The molecule has 1 amide bonds. The summed E-state index contributed by atoms with van der Waals surface area (Å²) in [6, 6.07) is 4.75. The molecule has 0 saturated carbocycles. The molecule has 0 radical (unpaired) electrons. The van der Waals surface area contributed by atoms with E-state index < -0.39 is 32.3 Å². The average Bonchev–Trinajstić information content (AvgIpc) is 2.52. The number of aromatic hydroxyl groups is 2. The maximum absolute atomic E-state index is 12.5. The second kappa shape index (κ2) is 7.28. The summed E-state index contributed by atoms with van der Waals surface area (Å²) >= 11 is 14.7. The van der Waals surface area contributed by atoms with E-state index in [2.05, 4.69) is 26.0 Å². The Morgan fingerprint density at radius 1 is 1.12 bits per heavy atom. The van der Waals surface area contributed by atoms with Crippen LogP contribution in [0.5, 0.6) is 11.5 Å². The van der Waals surface area contributed by atoms with Crippen LogP contribution >= 0.6 is 39.1 Å². The highest BCUT2D eigenvalue weighted by Gasteiger charge is 2.24. The summed E-state index contributed by atoms with van der Waals surface area (Å²) in [4.78, 5) is 11.2. The largest absolute Gasteiger partial charge is 0.505 e. The van der Waals surface area contributed by atoms with Gasteiger partial charge in [-0.15, -0.1) is 0 Å². The number of nitrogens with one attached hydrogen (secondary N) is 2. The lowest BCUT2D eigenvalue weighted by atomic mass is 10.1. The van der Waals surface area contributed by atoms with Gasteiger partial charge in [0.2, 0.25) is 0 Å². The van der Waals surface area contributed by atoms with Gasteiger partial charge in [0.15, 0.2) is 11.5 Å². The van der Waals surface area contributed by atoms with Crippen molar-refractivity contribution >= 4 is 60.7 Å². The lowest BCUT2D eigenvalue weighted by Gasteiger charge is -2.14. The minimum absolute atomic E-state index is 0.0191. The molecule has 0 bridgehead atoms. The molecule has 25 heavy (non-hydrogen) atoms. The zero-order valence-electron chi connectivity index (χ0n) is 12.5. The predicted molar refractivity (Wildman–Crippen MR) is 98.1 cm³/mol. The first-order valence-corrected chi connectivity index (χ1v) is 9.55. The Kier molecular flexibility index (Phi) is 5.72. The first-order chi connectivity index (χ1) is 11.6. The minimum atomic E-state index is -4.34. The van der Waals surface area contributed by atoms with E-state index in [1.807, 2.05) is 0 Å². The Balaban J connectivity index is 2.56. The molecule has 0 aliphatic carbocycles. The van der Waals surface area contributed by atoms with Crippen LogP contribution in [0.25, 0.3) is 0 Å². The number of phenolic OH excluding ortho intramolecular Hbond substituents is 2. The van der Waals surface area contributed by atoms with Crippen LogP contribution in [0.2, 0.25) is 10.0 Å². The van der Waals surface area contributed by atoms with Gasteiger partial charge < -0.3 is 15.5 Å². The summed E-state index contributed by atoms with van der Waals surface area (Å²) in [7, 11) is -3.00. The summed E-state index contributed by atoms with van der Waals surface area (Å²) in [6.07, 6.45) is 0. The normalized spacial score (nSPS) is 11.2. The van der Waals surface area contributed by atoms with Gasteiger partial charge in [-0.1, -0.05) is 39.1 Å². The van der Waals surface area contributed by atoms with Crippen molar-refractivity contribution in [3.05, 3.63) is 44.3 Å². The first-order valence-electron chi connectivity index (χ1n) is 6.52. The number of hydrogen-bond donors (Lipinski definition) is 4. The Hall–Kier alpha value is -1.68. The van der Waals surface area contributed by atoms with Gasteiger partial charge in [0.25, 0.3) is 15.9 Å². The number of halogens is 3. The van der Waals surface area contributed by atoms with E-state index in [9.17, 15) is 23.4 Å². The fraction of sp³-hybridized carbons (Fsp3) is 0.0714. The van der Waals surface area contributed by atoms with Crippen LogP contribution in [-0.4, -0.2) is 31.6 Å². The van der Waals surface area contributed by atoms with Gasteiger partial charge >= 0.3 is 0 Å². The molecule has 11 heteroatoms. The van der Waals surface area contributed by atoms with Gasteiger partial charge in [-0.05, 0) is 24.3 Å². The number of amides is 1. The predicted octanol–water partition coefficient (Wildman–Crippen LogP) is 3.33. The van der Waals surface area contributed by atoms with Gasteiger partial charge in [-0.2, -0.15) is 0 Å². The van der Waals surface area contributed by atoms with Crippen molar-refractivity contribution in [3.63, 3.8) is 0 Å². The fourth-order valence-corrected chi connectivity index (χ4v) is 4.37. The standard InChI is InChI=1S/C14H11BrCl2N2O5S/c1-18-14(22)8-4-7(16)5-10(12(8)20)19-25(23,24)11-3-6(15)2-9(17)13(11)21/h2-5,19-21H,1H3,(H,18,22). The van der Waals surface area contributed by atoms with Crippen molar-refractivity contribution in [1.82, 2.24) is 5.32 Å². The van der Waals surface area contributed by atoms with Gasteiger partial charge in [0.05, 0.1) is 16.3 Å². The van der Waals surface area contributed by atoms with Gasteiger partial charge in [0, 0.05) is 16.5 Å². The second-order valence-electron chi connectivity index (χ2n) is 4.77. The number of phenols is 2. The Bertz CT molecular complexity index is 966. The van der Waals surface area contributed by atoms with Crippen LogP contribution in [0.15, 0.2) is 33.6 Å². The van der Waals surface area contributed by atoms with Crippen LogP contribution in [0, 0.1) is 0 Å². The first kappa shape index (κ1) is 19.6. The Morgan fingerprint density at radius 3 is 2.36 bits per heavy atom. The quantitative estimate of drug-likeness (QED) is 0.512. The lowest BCUT2D eigenvalue weighted by molar-refractivity contribution is 0.0960. The number of carbonyl (C=O) groups is 1. The molecule has 2 aromatic carbocycles. The van der Waals surface area contributed by atoms with Crippen molar-refractivity contribution in [2.45, 2.75) is 4.90 Å². The molecule has 2 rings (SSSR count). The van der Waals surface area contributed by atoms with Crippen molar-refractivity contribution in [1.29, 1.82) is 0 Å². The second-order valence-corrected chi connectivity index (χ2v) is 8.18. The van der Waals surface area contributed by atoms with Crippen LogP contribution < -0.4 is 10.0 Å². The lowest BCUT2D eigenvalue weighted by Crippen LogP contribution is -2.19. The molecule has 0 unspecified atom stereocenters. The van der Waals surface area contributed by atoms with E-state index in [4.69, 9.17) is 23.2 Å². The highest BCUT2D eigenvalue weighted by Crippen LogP contribution is 2.37. The highest BCUT2D eigenvalue weighted by molar-refractivity contribution is 9.10. The average molecular weight is 470 g/mol. The van der Waals surface area contributed by atoms with Crippen LogP contribution in [0.3, 0.4) is 0 Å². The molecule has 0 aliphatic heterocycles. The topological polar surface area (TPSA) is 116 Å². The van der Waals surface area contributed by atoms with Gasteiger partial charge in [0.1, 0.15) is 4.90 Å². The van der Waals surface area contributed by atoms with E-state index in [0.717, 1.165) is 12.1 Å². The summed E-state index contributed by atoms with van der Waals surface area (Å²) in [5.41, 5.74) is -0.550. The van der Waals surface area contributed by atoms with E-state index in [0.29, 0.717) is 4.47 Å². The SMILES string of the molecule is CNC(=O)c1cc(Cl)cc(NS(=O)(=O)c2cc(Br)cc(Cl)c2O)c1O. The molecule has 4 N–H and O–H groups in total. The van der Waals surface area contributed by atoms with Crippen molar-refractivity contribution < 1.29 is 23.4 Å². The Morgan fingerprint density at radius 2 is 1.76 bits per heavy atom. The molecule has 2 aromatic rings. The van der Waals surface area contributed by atoms with E-state index >= 15 is 0 Å². The van der Waals surface area contributed by atoms with Crippen molar-refractivity contribution in [2.24, 2.45) is 0 Å². The minimum Gasteiger partial charge on any atom is -0.505 e. The van der Waals surface area contributed by atoms with Crippen LogP contribution in [-0.2, 0) is 10.0 Å². The monoisotopic (exact) mass is 468 g/mol. The maximum atomic E-state index is 12.5. The van der Waals surface area contributed by atoms with Gasteiger partial charge in [-0.25, -0.2) is 8.42 Å². The summed E-state index contributed by atoms with van der Waals surface area (Å²) < 4.78 is 27.5. The maximum Gasteiger partial charge on any atom is 0.265 e. The molecular weight excluding hydrogens is 459 g/mol. The van der Waals surface area contributed by atoms with E-state index in [-0.39, 0.29) is 21.3 Å². The summed E-state index contributed by atoms with van der Waals surface area (Å²) in [6.45, 7) is 0. The van der Waals surface area contributed by atoms with E-state index in [1.54, 1.807) is 0 Å². The third kappa shape index (κ3) is 4.12. The molecule has 0 saturated heterocycles. The molecule has 0 fully saturated rings. The summed E-state index contributed by atoms with van der Waals surface area (Å²) in [5, 5.41) is 22.2. The molecule has 7 nitrogen and oxygen atoms in total. The Labute approximate surface area is 161 Å². The number of sulfonamides is 1. The number of hydrogen-bond acceptors (Lipinski definition) is 5. The highest BCUT2D eigenvalue weighted by atomic mass is 79.9. The van der Waals surface area contributed by atoms with E-state index in [1.165, 1.54) is 19.2 Å². The number of benzene rings is 2. The fourth-order valence-electron chi connectivity index (χ4n) is 1.93. The van der Waals surface area contributed by atoms with Crippen molar-refractivity contribution in [2.75, 3.05) is 11.8 Å². The third-order valence-corrected chi connectivity index (χ3v) is 5.42. The number of anilines is 1. The molecule has 0 aliphatic rings. The number of rotatable bonds is 4. The molecule has 0 spiro atoms. The third-order valence-electron chi connectivity index (χ3n) is 3.07. The molecule has 0 heterocycles. The van der Waals surface area contributed by atoms with Crippen molar-refractivity contribution in [3.8, 4) is 11.5 Å². The smallest absolute Gasteiger partial charge is 0.265 e. The molecular formula is C14H11BrCl2N2O5S.